The van der Waals surface area contributed by atoms with Gasteiger partial charge in [0.05, 0.1) is 11.9 Å². The fourth-order valence-electron chi connectivity index (χ4n) is 4.09. The number of carbonyl (C=O) groups is 1. The molecule has 3 aromatic rings. The Morgan fingerprint density at radius 2 is 1.90 bits per heavy atom. The summed E-state index contributed by atoms with van der Waals surface area (Å²) in [4.78, 5) is 19.1. The maximum atomic E-state index is 12.6. The maximum absolute atomic E-state index is 12.6. The lowest BCUT2D eigenvalue weighted by molar-refractivity contribution is 0.0236. The number of aliphatic hydroxyl groups excluding tert-OH is 1. The van der Waals surface area contributed by atoms with Crippen LogP contribution in [0.25, 0.3) is 16.9 Å². The monoisotopic (exact) mass is 390 g/mol. The number of benzene rings is 1. The standard InChI is InChI=1S/C23H26N4O2/c1-23(2)13-26(14-23)22(29)17-10-6-15(7-11-17)18-4-3-5-20-24-19(12-27(18)20)25-21(28)16-8-9-16/h3-7,10-12,16,21,25,28H,8-9,13-14H2,1-2H3. The van der Waals surface area contributed by atoms with Gasteiger partial charge in [0.1, 0.15) is 17.7 Å². The second kappa shape index (κ2) is 6.59. The molecule has 1 aliphatic carbocycles. The van der Waals surface area contributed by atoms with Gasteiger partial charge in [0, 0.05) is 24.6 Å². The predicted molar refractivity (Wildman–Crippen MR) is 113 cm³/mol. The topological polar surface area (TPSA) is 69.9 Å². The largest absolute Gasteiger partial charge is 0.373 e. The van der Waals surface area contributed by atoms with Crippen molar-refractivity contribution in [2.75, 3.05) is 18.4 Å². The molecule has 29 heavy (non-hydrogen) atoms. The zero-order valence-corrected chi connectivity index (χ0v) is 16.8. The van der Waals surface area contributed by atoms with Crippen molar-refractivity contribution in [1.82, 2.24) is 14.3 Å². The predicted octanol–water partition coefficient (Wildman–Crippen LogP) is 3.62. The summed E-state index contributed by atoms with van der Waals surface area (Å²) in [7, 11) is 0. The van der Waals surface area contributed by atoms with Crippen LogP contribution in [-0.4, -0.2) is 44.6 Å². The lowest BCUT2D eigenvalue weighted by Gasteiger charge is -2.45. The number of aliphatic hydroxyl groups is 1. The second-order valence-electron chi connectivity index (χ2n) is 9.09. The van der Waals surface area contributed by atoms with E-state index in [1.807, 2.05) is 58.0 Å². The Kier molecular flexibility index (Phi) is 4.13. The molecule has 3 heterocycles. The van der Waals surface area contributed by atoms with Crippen molar-refractivity contribution in [3.63, 3.8) is 0 Å². The number of anilines is 1. The summed E-state index contributed by atoms with van der Waals surface area (Å²) < 4.78 is 2.01. The Morgan fingerprint density at radius 3 is 2.55 bits per heavy atom. The highest BCUT2D eigenvalue weighted by Gasteiger charge is 2.37. The molecular weight excluding hydrogens is 364 g/mol. The van der Waals surface area contributed by atoms with E-state index >= 15 is 0 Å². The minimum absolute atomic E-state index is 0.0947. The van der Waals surface area contributed by atoms with Gasteiger partial charge in [-0.05, 0) is 48.1 Å². The average Bonchev–Trinajstić information content (AvgIpc) is 3.45. The van der Waals surface area contributed by atoms with Gasteiger partial charge in [0.15, 0.2) is 0 Å². The summed E-state index contributed by atoms with van der Waals surface area (Å²) in [5.74, 6) is 1.10. The number of pyridine rings is 1. The molecule has 1 aromatic carbocycles. The molecule has 1 unspecified atom stereocenters. The van der Waals surface area contributed by atoms with E-state index in [4.69, 9.17) is 0 Å². The number of fused-ring (bicyclic) bond motifs is 1. The van der Waals surface area contributed by atoms with E-state index in [2.05, 4.69) is 24.1 Å². The highest BCUT2D eigenvalue weighted by Crippen LogP contribution is 2.33. The lowest BCUT2D eigenvalue weighted by Crippen LogP contribution is -2.55. The number of rotatable bonds is 5. The molecule has 1 saturated carbocycles. The van der Waals surface area contributed by atoms with E-state index in [0.29, 0.717) is 11.7 Å². The molecule has 0 bridgehead atoms. The molecule has 6 nitrogen and oxygen atoms in total. The Balaban J connectivity index is 1.38. The molecule has 6 heteroatoms. The van der Waals surface area contributed by atoms with E-state index in [9.17, 15) is 9.90 Å². The van der Waals surface area contributed by atoms with Gasteiger partial charge in [-0.2, -0.15) is 0 Å². The lowest BCUT2D eigenvalue weighted by atomic mass is 9.84. The van der Waals surface area contributed by atoms with Gasteiger partial charge in [-0.15, -0.1) is 0 Å². The molecule has 1 aliphatic heterocycles. The molecule has 2 aliphatic rings. The van der Waals surface area contributed by atoms with Crippen molar-refractivity contribution in [2.45, 2.75) is 32.9 Å². The van der Waals surface area contributed by atoms with Crippen molar-refractivity contribution >= 4 is 17.4 Å². The molecule has 0 spiro atoms. The molecule has 2 aromatic heterocycles. The Morgan fingerprint density at radius 1 is 1.17 bits per heavy atom. The van der Waals surface area contributed by atoms with Gasteiger partial charge < -0.3 is 15.3 Å². The number of hydrogen-bond acceptors (Lipinski definition) is 4. The molecular formula is C23H26N4O2. The quantitative estimate of drug-likeness (QED) is 0.653. The number of aromatic nitrogens is 2. The van der Waals surface area contributed by atoms with Crippen molar-refractivity contribution < 1.29 is 9.90 Å². The van der Waals surface area contributed by atoms with Gasteiger partial charge in [0.25, 0.3) is 5.91 Å². The smallest absolute Gasteiger partial charge is 0.253 e. The number of nitrogens with one attached hydrogen (secondary N) is 1. The van der Waals surface area contributed by atoms with Crippen LogP contribution in [0.5, 0.6) is 0 Å². The van der Waals surface area contributed by atoms with Crippen LogP contribution in [0.3, 0.4) is 0 Å². The van der Waals surface area contributed by atoms with E-state index in [-0.39, 0.29) is 11.3 Å². The number of amides is 1. The van der Waals surface area contributed by atoms with E-state index < -0.39 is 6.23 Å². The van der Waals surface area contributed by atoms with E-state index in [0.717, 1.165) is 48.4 Å². The minimum Gasteiger partial charge on any atom is -0.373 e. The number of carbonyl (C=O) groups excluding carboxylic acids is 1. The van der Waals surface area contributed by atoms with Crippen LogP contribution in [0.15, 0.2) is 48.7 Å². The summed E-state index contributed by atoms with van der Waals surface area (Å²) in [6, 6.07) is 13.7. The third kappa shape index (κ3) is 3.49. The fourth-order valence-corrected chi connectivity index (χ4v) is 4.09. The molecule has 5 rings (SSSR count). The first-order valence-corrected chi connectivity index (χ1v) is 10.2. The van der Waals surface area contributed by atoms with Crippen LogP contribution in [-0.2, 0) is 0 Å². The van der Waals surface area contributed by atoms with Crippen LogP contribution >= 0.6 is 0 Å². The van der Waals surface area contributed by atoms with Crippen LogP contribution in [0.4, 0.5) is 5.82 Å². The van der Waals surface area contributed by atoms with Crippen LogP contribution < -0.4 is 5.32 Å². The zero-order chi connectivity index (χ0) is 20.2. The summed E-state index contributed by atoms with van der Waals surface area (Å²) in [6.07, 6.45) is 3.50. The van der Waals surface area contributed by atoms with Gasteiger partial charge >= 0.3 is 0 Å². The Labute approximate surface area is 170 Å². The Bertz CT molecular complexity index is 1060. The summed E-state index contributed by atoms with van der Waals surface area (Å²) in [5, 5.41) is 13.2. The molecule has 1 saturated heterocycles. The summed E-state index contributed by atoms with van der Waals surface area (Å²) in [6.45, 7) is 5.98. The fraction of sp³-hybridized carbons (Fsp3) is 0.391. The van der Waals surface area contributed by atoms with Crippen molar-refractivity contribution in [3.8, 4) is 11.3 Å². The first kappa shape index (κ1) is 18.2. The maximum Gasteiger partial charge on any atom is 0.253 e. The van der Waals surface area contributed by atoms with Crippen molar-refractivity contribution in [3.05, 3.63) is 54.2 Å². The van der Waals surface area contributed by atoms with Crippen LogP contribution in [0.1, 0.15) is 37.0 Å². The van der Waals surface area contributed by atoms with Gasteiger partial charge in [-0.1, -0.05) is 32.0 Å². The first-order valence-electron chi connectivity index (χ1n) is 10.2. The summed E-state index contributed by atoms with van der Waals surface area (Å²) >= 11 is 0. The number of hydrogen-bond donors (Lipinski definition) is 2. The van der Waals surface area contributed by atoms with E-state index in [1.165, 1.54) is 0 Å². The Hall–Kier alpha value is -2.86. The summed E-state index contributed by atoms with van der Waals surface area (Å²) in [5.41, 5.74) is 3.77. The van der Waals surface area contributed by atoms with Crippen LogP contribution in [0.2, 0.25) is 0 Å². The average molecular weight is 390 g/mol. The third-order valence-corrected chi connectivity index (χ3v) is 5.81. The highest BCUT2D eigenvalue weighted by atomic mass is 16.3. The van der Waals surface area contributed by atoms with Crippen LogP contribution in [0, 0.1) is 11.3 Å². The zero-order valence-electron chi connectivity index (χ0n) is 16.8. The van der Waals surface area contributed by atoms with Gasteiger partial charge in [-0.3, -0.25) is 9.20 Å². The second-order valence-corrected chi connectivity index (χ2v) is 9.09. The van der Waals surface area contributed by atoms with Gasteiger partial charge in [-0.25, -0.2) is 4.98 Å². The SMILES string of the molecule is CC1(C)CN(C(=O)c2ccc(-c3cccc4nc(NC(O)C5CC5)cn34)cc2)C1. The third-order valence-electron chi connectivity index (χ3n) is 5.81. The molecule has 2 fully saturated rings. The molecule has 1 amide bonds. The van der Waals surface area contributed by atoms with E-state index in [1.54, 1.807) is 0 Å². The van der Waals surface area contributed by atoms with Crippen molar-refractivity contribution in [1.29, 1.82) is 0 Å². The molecule has 150 valence electrons. The number of imidazole rings is 1. The van der Waals surface area contributed by atoms with Crippen molar-refractivity contribution in [2.24, 2.45) is 11.3 Å². The molecule has 2 N–H and O–H groups in total. The minimum atomic E-state index is -0.542. The normalized spacial score (nSPS) is 19.1. The van der Waals surface area contributed by atoms with Gasteiger partial charge in [0.2, 0.25) is 0 Å². The molecule has 1 atom stereocenters. The first-order chi connectivity index (χ1) is 13.9. The molecule has 0 radical (unpaired) electrons. The number of nitrogens with zero attached hydrogens (tertiary/aromatic N) is 3. The number of likely N-dealkylation sites (tertiary alicyclic amines) is 1. The highest BCUT2D eigenvalue weighted by molar-refractivity contribution is 5.95.